The molecule has 3 nitrogen and oxygen atoms in total. The Balaban J connectivity index is 2.74. The lowest BCUT2D eigenvalue weighted by molar-refractivity contribution is 0.0477. The number of fused-ring (bicyclic) bond motifs is 1. The van der Waals surface area contributed by atoms with Gasteiger partial charge in [0.1, 0.15) is 0 Å². The van der Waals surface area contributed by atoms with Crippen molar-refractivity contribution < 1.29 is 4.79 Å². The average molecular weight is 341 g/mol. The molecule has 1 aromatic carbocycles. The van der Waals surface area contributed by atoms with Crippen molar-refractivity contribution in [2.24, 2.45) is 10.8 Å². The maximum Gasteiger partial charge on any atom is 0.251 e. The molecule has 1 aromatic heterocycles. The van der Waals surface area contributed by atoms with Crippen LogP contribution in [0.3, 0.4) is 0 Å². The van der Waals surface area contributed by atoms with E-state index < -0.39 is 0 Å². The third-order valence-electron chi connectivity index (χ3n) is 6.45. The SMILES string of the molecule is CCC(C)(C)[C@@](C)(c1ccc2c(C(=O)NC)cccc2n1)C(C)(C)C. The minimum absolute atomic E-state index is 0.0472. The van der Waals surface area contributed by atoms with E-state index in [1.165, 1.54) is 0 Å². The summed E-state index contributed by atoms with van der Waals surface area (Å²) < 4.78 is 0. The van der Waals surface area contributed by atoms with Crippen molar-refractivity contribution >= 4 is 16.8 Å². The number of nitrogens with one attached hydrogen (secondary N) is 1. The second-order valence-corrected chi connectivity index (χ2v) is 8.76. The number of rotatable bonds is 4. The van der Waals surface area contributed by atoms with Crippen LogP contribution in [0.4, 0.5) is 0 Å². The fraction of sp³-hybridized carbons (Fsp3) is 0.545. The molecule has 0 aliphatic heterocycles. The lowest BCUT2D eigenvalue weighted by atomic mass is 9.52. The zero-order chi connectivity index (χ0) is 19.0. The van der Waals surface area contributed by atoms with Crippen LogP contribution in [0.2, 0.25) is 0 Å². The fourth-order valence-corrected chi connectivity index (χ4v) is 3.87. The van der Waals surface area contributed by atoms with E-state index in [2.05, 4.69) is 65.9 Å². The zero-order valence-electron chi connectivity index (χ0n) is 16.9. The number of hydrogen-bond donors (Lipinski definition) is 1. The first-order chi connectivity index (χ1) is 11.5. The van der Waals surface area contributed by atoms with E-state index in [0.717, 1.165) is 23.0 Å². The zero-order valence-corrected chi connectivity index (χ0v) is 16.9. The molecule has 0 spiro atoms. The third-order valence-corrected chi connectivity index (χ3v) is 6.45. The van der Waals surface area contributed by atoms with Gasteiger partial charge in [-0.1, -0.05) is 67.0 Å². The molecule has 0 bridgehead atoms. The second kappa shape index (κ2) is 6.44. The van der Waals surface area contributed by atoms with Gasteiger partial charge in [-0.15, -0.1) is 0 Å². The van der Waals surface area contributed by atoms with Gasteiger partial charge in [0.2, 0.25) is 0 Å². The van der Waals surface area contributed by atoms with Crippen LogP contribution in [-0.4, -0.2) is 17.9 Å². The highest BCUT2D eigenvalue weighted by atomic mass is 16.1. The summed E-state index contributed by atoms with van der Waals surface area (Å²) in [6.45, 7) is 16.1. The molecule has 0 aliphatic carbocycles. The molecule has 2 aromatic rings. The van der Waals surface area contributed by atoms with E-state index in [1.807, 2.05) is 18.2 Å². The molecule has 0 radical (unpaired) electrons. The van der Waals surface area contributed by atoms with Gasteiger partial charge in [-0.3, -0.25) is 9.78 Å². The maximum atomic E-state index is 12.1. The number of amides is 1. The van der Waals surface area contributed by atoms with Gasteiger partial charge in [-0.2, -0.15) is 0 Å². The van der Waals surface area contributed by atoms with Crippen molar-refractivity contribution in [3.8, 4) is 0 Å². The van der Waals surface area contributed by atoms with Crippen LogP contribution in [0.25, 0.3) is 10.9 Å². The molecule has 0 fully saturated rings. The lowest BCUT2D eigenvalue weighted by Gasteiger charge is -2.52. The number of benzene rings is 1. The molecule has 1 atom stereocenters. The number of carbonyl (C=O) groups excluding carboxylic acids is 1. The molecule has 0 saturated carbocycles. The van der Waals surface area contributed by atoms with Crippen molar-refractivity contribution in [1.82, 2.24) is 10.3 Å². The van der Waals surface area contributed by atoms with E-state index >= 15 is 0 Å². The smallest absolute Gasteiger partial charge is 0.251 e. The summed E-state index contributed by atoms with van der Waals surface area (Å²) in [6, 6.07) is 9.91. The largest absolute Gasteiger partial charge is 0.355 e. The number of pyridine rings is 1. The number of carbonyl (C=O) groups is 1. The molecular formula is C22H32N2O. The Labute approximate surface area is 152 Å². The second-order valence-electron chi connectivity index (χ2n) is 8.76. The van der Waals surface area contributed by atoms with E-state index in [0.29, 0.717) is 5.56 Å². The van der Waals surface area contributed by atoms with Gasteiger partial charge in [0.25, 0.3) is 5.91 Å². The quantitative estimate of drug-likeness (QED) is 0.817. The highest BCUT2D eigenvalue weighted by Crippen LogP contribution is 2.54. The minimum Gasteiger partial charge on any atom is -0.355 e. The summed E-state index contributed by atoms with van der Waals surface area (Å²) in [5.41, 5.74) is 2.67. The standard InChI is InChI=1S/C22H32N2O/c1-9-21(5,6)22(7,20(2,3)4)18-14-13-15-16(19(25)23-8)11-10-12-17(15)24-18/h10-14H,9H2,1-8H3,(H,23,25)/t22-/m0/s1. The number of nitrogens with zero attached hydrogens (tertiary/aromatic N) is 1. The van der Waals surface area contributed by atoms with Gasteiger partial charge in [0.15, 0.2) is 0 Å². The Hall–Kier alpha value is -1.90. The number of hydrogen-bond acceptors (Lipinski definition) is 2. The first-order valence-corrected chi connectivity index (χ1v) is 9.12. The van der Waals surface area contributed by atoms with E-state index in [4.69, 9.17) is 4.98 Å². The van der Waals surface area contributed by atoms with Crippen molar-refractivity contribution in [3.63, 3.8) is 0 Å². The van der Waals surface area contributed by atoms with Crippen LogP contribution >= 0.6 is 0 Å². The molecule has 0 saturated heterocycles. The summed E-state index contributed by atoms with van der Waals surface area (Å²) in [7, 11) is 1.66. The monoisotopic (exact) mass is 340 g/mol. The molecule has 1 amide bonds. The van der Waals surface area contributed by atoms with Crippen LogP contribution < -0.4 is 5.32 Å². The van der Waals surface area contributed by atoms with Gasteiger partial charge in [-0.25, -0.2) is 0 Å². The van der Waals surface area contributed by atoms with Gasteiger partial charge >= 0.3 is 0 Å². The molecule has 25 heavy (non-hydrogen) atoms. The van der Waals surface area contributed by atoms with Crippen molar-refractivity contribution in [2.75, 3.05) is 7.05 Å². The summed E-state index contributed by atoms with van der Waals surface area (Å²) in [4.78, 5) is 17.2. The Bertz CT molecular complexity index is 786. The van der Waals surface area contributed by atoms with Crippen LogP contribution in [-0.2, 0) is 5.41 Å². The highest BCUT2D eigenvalue weighted by molar-refractivity contribution is 6.06. The summed E-state index contributed by atoms with van der Waals surface area (Å²) in [5.74, 6) is -0.0763. The highest BCUT2D eigenvalue weighted by Gasteiger charge is 2.50. The Kier molecular flexibility index (Phi) is 5.00. The first kappa shape index (κ1) is 19.4. The summed E-state index contributed by atoms with van der Waals surface area (Å²) in [5, 5.41) is 3.61. The van der Waals surface area contributed by atoms with Gasteiger partial charge in [0.05, 0.1) is 5.52 Å². The van der Waals surface area contributed by atoms with Crippen LogP contribution in [0, 0.1) is 10.8 Å². The van der Waals surface area contributed by atoms with E-state index in [1.54, 1.807) is 7.05 Å². The Morgan fingerprint density at radius 2 is 1.68 bits per heavy atom. The fourth-order valence-electron chi connectivity index (χ4n) is 3.87. The molecule has 1 N–H and O–H groups in total. The van der Waals surface area contributed by atoms with Crippen molar-refractivity contribution in [3.05, 3.63) is 41.6 Å². The molecular weight excluding hydrogens is 308 g/mol. The number of aromatic nitrogens is 1. The maximum absolute atomic E-state index is 12.1. The molecule has 3 heteroatoms. The third kappa shape index (κ3) is 3.05. The van der Waals surface area contributed by atoms with Crippen LogP contribution in [0.15, 0.2) is 30.3 Å². The molecule has 0 aliphatic rings. The van der Waals surface area contributed by atoms with E-state index in [9.17, 15) is 4.79 Å². The average Bonchev–Trinajstić information content (AvgIpc) is 2.58. The Morgan fingerprint density at radius 3 is 2.20 bits per heavy atom. The molecule has 2 rings (SSSR count). The van der Waals surface area contributed by atoms with Crippen molar-refractivity contribution in [1.29, 1.82) is 0 Å². The topological polar surface area (TPSA) is 42.0 Å². The van der Waals surface area contributed by atoms with Crippen LogP contribution in [0.5, 0.6) is 0 Å². The molecule has 1 heterocycles. The summed E-state index contributed by atoms with van der Waals surface area (Å²) in [6.07, 6.45) is 1.07. The molecule has 136 valence electrons. The van der Waals surface area contributed by atoms with Gasteiger partial charge < -0.3 is 5.32 Å². The predicted molar refractivity (Wildman–Crippen MR) is 106 cm³/mol. The normalized spacial score (nSPS) is 15.0. The summed E-state index contributed by atoms with van der Waals surface area (Å²) >= 11 is 0. The van der Waals surface area contributed by atoms with Gasteiger partial charge in [-0.05, 0) is 29.0 Å². The Morgan fingerprint density at radius 1 is 1.04 bits per heavy atom. The lowest BCUT2D eigenvalue weighted by Crippen LogP contribution is -2.49. The van der Waals surface area contributed by atoms with Crippen molar-refractivity contribution in [2.45, 2.75) is 60.3 Å². The van der Waals surface area contributed by atoms with Crippen LogP contribution in [0.1, 0.15) is 70.9 Å². The molecule has 0 unspecified atom stereocenters. The van der Waals surface area contributed by atoms with E-state index in [-0.39, 0.29) is 22.2 Å². The predicted octanol–water partition coefficient (Wildman–Crippen LogP) is 5.33. The van der Waals surface area contributed by atoms with Gasteiger partial charge in [0, 0.05) is 29.1 Å². The minimum atomic E-state index is -0.105. The first-order valence-electron chi connectivity index (χ1n) is 9.12.